The molecule has 1 amide bonds. The van der Waals surface area contributed by atoms with Crippen LogP contribution in [0.25, 0.3) is 0 Å². The summed E-state index contributed by atoms with van der Waals surface area (Å²) in [5.74, 6) is 1.03. The minimum absolute atomic E-state index is 0.259. The Hall–Kier alpha value is -2.83. The lowest BCUT2D eigenvalue weighted by Crippen LogP contribution is -2.22. The summed E-state index contributed by atoms with van der Waals surface area (Å²) in [5.41, 5.74) is 1.73. The second-order valence-electron chi connectivity index (χ2n) is 5.39. The number of nitrogens with one attached hydrogen (secondary N) is 1. The van der Waals surface area contributed by atoms with E-state index >= 15 is 0 Å². The standard InChI is InChI=1S/C20H23NO5/c1-4-6-15-7-5-8-16(13-15)21-20(22)26-18-11-9-17(10-12-18)25-14-19(23-2)24-3/h4-5,7-13,19H,1,6,14H2,2-3H3,(H,21,22). The first-order chi connectivity index (χ1) is 12.6. The van der Waals surface area contributed by atoms with Crippen LogP contribution in [0.4, 0.5) is 10.5 Å². The van der Waals surface area contributed by atoms with Gasteiger partial charge in [0, 0.05) is 19.9 Å². The van der Waals surface area contributed by atoms with Crippen molar-refractivity contribution in [3.8, 4) is 11.5 Å². The van der Waals surface area contributed by atoms with E-state index in [1.807, 2.05) is 24.3 Å². The van der Waals surface area contributed by atoms with Crippen molar-refractivity contribution in [2.45, 2.75) is 12.7 Å². The van der Waals surface area contributed by atoms with Gasteiger partial charge in [0.05, 0.1) is 0 Å². The molecule has 6 heteroatoms. The molecular formula is C20H23NO5. The molecule has 2 aromatic carbocycles. The Morgan fingerprint density at radius 3 is 2.46 bits per heavy atom. The van der Waals surface area contributed by atoms with E-state index < -0.39 is 12.4 Å². The number of methoxy groups -OCH3 is 2. The first-order valence-electron chi connectivity index (χ1n) is 8.11. The van der Waals surface area contributed by atoms with Crippen molar-refractivity contribution in [1.82, 2.24) is 0 Å². The molecule has 2 rings (SSSR count). The summed E-state index contributed by atoms with van der Waals surface area (Å²) in [7, 11) is 3.08. The molecule has 0 spiro atoms. The fraction of sp³-hybridized carbons (Fsp3) is 0.250. The first-order valence-corrected chi connectivity index (χ1v) is 8.11. The average Bonchev–Trinajstić information content (AvgIpc) is 2.64. The molecule has 0 fully saturated rings. The predicted molar refractivity (Wildman–Crippen MR) is 99.7 cm³/mol. The third kappa shape index (κ3) is 6.23. The van der Waals surface area contributed by atoms with Gasteiger partial charge in [-0.1, -0.05) is 18.2 Å². The van der Waals surface area contributed by atoms with Crippen LogP contribution < -0.4 is 14.8 Å². The van der Waals surface area contributed by atoms with Gasteiger partial charge >= 0.3 is 6.09 Å². The third-order valence-corrected chi connectivity index (χ3v) is 3.50. The van der Waals surface area contributed by atoms with E-state index in [-0.39, 0.29) is 6.61 Å². The fourth-order valence-electron chi connectivity index (χ4n) is 2.19. The van der Waals surface area contributed by atoms with Gasteiger partial charge in [0.2, 0.25) is 0 Å². The lowest BCUT2D eigenvalue weighted by molar-refractivity contribution is -0.121. The summed E-state index contributed by atoms with van der Waals surface area (Å²) >= 11 is 0. The second kappa shape index (κ2) is 10.2. The van der Waals surface area contributed by atoms with Gasteiger partial charge in [-0.15, -0.1) is 6.58 Å². The van der Waals surface area contributed by atoms with E-state index in [2.05, 4.69) is 11.9 Å². The maximum Gasteiger partial charge on any atom is 0.417 e. The van der Waals surface area contributed by atoms with Crippen LogP contribution in [0.1, 0.15) is 5.56 Å². The van der Waals surface area contributed by atoms with Crippen LogP contribution in [0, 0.1) is 0 Å². The molecule has 0 heterocycles. The van der Waals surface area contributed by atoms with Crippen LogP contribution >= 0.6 is 0 Å². The number of hydrogen-bond donors (Lipinski definition) is 1. The molecule has 0 atom stereocenters. The highest BCUT2D eigenvalue weighted by Crippen LogP contribution is 2.19. The minimum atomic E-state index is -0.562. The third-order valence-electron chi connectivity index (χ3n) is 3.50. The van der Waals surface area contributed by atoms with Gasteiger partial charge in [-0.3, -0.25) is 5.32 Å². The predicted octanol–water partition coefficient (Wildman–Crippen LogP) is 4.02. The van der Waals surface area contributed by atoms with Crippen LogP contribution in [0.2, 0.25) is 0 Å². The molecule has 0 unspecified atom stereocenters. The van der Waals surface area contributed by atoms with E-state index in [9.17, 15) is 4.79 Å². The van der Waals surface area contributed by atoms with Crippen LogP contribution in [-0.4, -0.2) is 33.2 Å². The molecule has 0 saturated heterocycles. The highest BCUT2D eigenvalue weighted by molar-refractivity contribution is 5.86. The van der Waals surface area contributed by atoms with Crippen molar-refractivity contribution in [3.63, 3.8) is 0 Å². The molecular weight excluding hydrogens is 334 g/mol. The summed E-state index contributed by atoms with van der Waals surface area (Å²) in [4.78, 5) is 12.0. The Bertz CT molecular complexity index is 710. The Morgan fingerprint density at radius 2 is 1.81 bits per heavy atom. The zero-order valence-corrected chi connectivity index (χ0v) is 14.9. The maximum atomic E-state index is 12.0. The molecule has 26 heavy (non-hydrogen) atoms. The summed E-state index contributed by atoms with van der Waals surface area (Å²) in [5, 5.41) is 2.70. The number of carbonyl (C=O) groups is 1. The summed E-state index contributed by atoms with van der Waals surface area (Å²) in [6.07, 6.45) is 1.54. The van der Waals surface area contributed by atoms with Gasteiger partial charge in [0.1, 0.15) is 18.1 Å². The van der Waals surface area contributed by atoms with Crippen molar-refractivity contribution >= 4 is 11.8 Å². The Morgan fingerprint density at radius 1 is 1.12 bits per heavy atom. The summed E-state index contributed by atoms with van der Waals surface area (Å²) in [6.45, 7) is 3.96. The number of rotatable bonds is 9. The Labute approximate surface area is 153 Å². The van der Waals surface area contributed by atoms with Crippen molar-refractivity contribution < 1.29 is 23.7 Å². The van der Waals surface area contributed by atoms with Crippen molar-refractivity contribution in [2.24, 2.45) is 0 Å². The SMILES string of the molecule is C=CCc1cccc(NC(=O)Oc2ccc(OCC(OC)OC)cc2)c1. The number of ether oxygens (including phenoxy) is 4. The number of hydrogen-bond acceptors (Lipinski definition) is 5. The zero-order valence-electron chi connectivity index (χ0n) is 14.9. The highest BCUT2D eigenvalue weighted by atomic mass is 16.7. The van der Waals surface area contributed by atoms with Crippen molar-refractivity contribution in [3.05, 3.63) is 66.7 Å². The monoisotopic (exact) mass is 357 g/mol. The molecule has 0 aliphatic heterocycles. The Kier molecular flexibility index (Phi) is 7.67. The maximum absolute atomic E-state index is 12.0. The molecule has 0 saturated carbocycles. The van der Waals surface area contributed by atoms with E-state index in [4.69, 9.17) is 18.9 Å². The van der Waals surface area contributed by atoms with E-state index in [0.717, 1.165) is 12.0 Å². The second-order valence-corrected chi connectivity index (χ2v) is 5.39. The number of amides is 1. The van der Waals surface area contributed by atoms with Gasteiger partial charge < -0.3 is 18.9 Å². The van der Waals surface area contributed by atoms with Crippen LogP contribution in [0.15, 0.2) is 61.2 Å². The summed E-state index contributed by atoms with van der Waals surface area (Å²) < 4.78 is 20.9. The van der Waals surface area contributed by atoms with Crippen LogP contribution in [0.3, 0.4) is 0 Å². The summed E-state index contributed by atoms with van der Waals surface area (Å²) in [6, 6.07) is 14.2. The van der Waals surface area contributed by atoms with Crippen LogP contribution in [0.5, 0.6) is 11.5 Å². The average molecular weight is 357 g/mol. The van der Waals surface area contributed by atoms with Gasteiger partial charge in [0.15, 0.2) is 6.29 Å². The molecule has 0 aliphatic rings. The number of allylic oxidation sites excluding steroid dienone is 1. The number of carbonyl (C=O) groups excluding carboxylic acids is 1. The van der Waals surface area contributed by atoms with E-state index in [0.29, 0.717) is 17.2 Å². The van der Waals surface area contributed by atoms with Crippen LogP contribution in [-0.2, 0) is 15.9 Å². The van der Waals surface area contributed by atoms with E-state index in [1.165, 1.54) is 0 Å². The van der Waals surface area contributed by atoms with E-state index in [1.54, 1.807) is 44.6 Å². The van der Waals surface area contributed by atoms with Gasteiger partial charge in [-0.2, -0.15) is 0 Å². The zero-order chi connectivity index (χ0) is 18.8. The van der Waals surface area contributed by atoms with Gasteiger partial charge in [-0.05, 0) is 48.4 Å². The van der Waals surface area contributed by atoms with Crippen molar-refractivity contribution in [1.29, 1.82) is 0 Å². The molecule has 138 valence electrons. The Balaban J connectivity index is 1.87. The fourth-order valence-corrected chi connectivity index (χ4v) is 2.19. The lowest BCUT2D eigenvalue weighted by atomic mass is 10.1. The molecule has 2 aromatic rings. The van der Waals surface area contributed by atoms with Gasteiger partial charge in [0.25, 0.3) is 0 Å². The molecule has 1 N–H and O–H groups in total. The molecule has 0 radical (unpaired) electrons. The first kappa shape index (κ1) is 19.5. The largest absolute Gasteiger partial charge is 0.488 e. The highest BCUT2D eigenvalue weighted by Gasteiger charge is 2.08. The molecule has 0 bridgehead atoms. The minimum Gasteiger partial charge on any atom is -0.488 e. The number of benzene rings is 2. The smallest absolute Gasteiger partial charge is 0.417 e. The molecule has 6 nitrogen and oxygen atoms in total. The molecule has 0 aliphatic carbocycles. The topological polar surface area (TPSA) is 66.0 Å². The lowest BCUT2D eigenvalue weighted by Gasteiger charge is -2.14. The number of anilines is 1. The quantitative estimate of drug-likeness (QED) is 0.542. The normalized spacial score (nSPS) is 10.4. The van der Waals surface area contributed by atoms with Gasteiger partial charge in [-0.25, -0.2) is 4.79 Å². The molecule has 0 aromatic heterocycles. The van der Waals surface area contributed by atoms with Crippen molar-refractivity contribution in [2.75, 3.05) is 26.1 Å².